The maximum absolute atomic E-state index is 11.7. The molecule has 1 heterocycles. The summed E-state index contributed by atoms with van der Waals surface area (Å²) in [6, 6.07) is 0. The van der Waals surface area contributed by atoms with E-state index < -0.39 is 0 Å². The molecule has 16 heavy (non-hydrogen) atoms. The number of aromatic nitrogens is 2. The van der Waals surface area contributed by atoms with Crippen LogP contribution in [0.1, 0.15) is 27.2 Å². The molecule has 0 radical (unpaired) electrons. The van der Waals surface area contributed by atoms with Gasteiger partial charge in [-0.05, 0) is 35.2 Å². The minimum absolute atomic E-state index is 0.0861. The Kier molecular flexibility index (Phi) is 4.99. The zero-order valence-corrected chi connectivity index (χ0v) is 11.5. The van der Waals surface area contributed by atoms with Gasteiger partial charge in [-0.2, -0.15) is 5.10 Å². The van der Waals surface area contributed by atoms with Gasteiger partial charge in [0.15, 0.2) is 0 Å². The van der Waals surface area contributed by atoms with Crippen molar-refractivity contribution in [2.24, 2.45) is 5.92 Å². The van der Waals surface area contributed by atoms with Gasteiger partial charge >= 0.3 is 0 Å². The molecule has 0 atom stereocenters. The molecule has 1 N–H and O–H groups in total. The van der Waals surface area contributed by atoms with E-state index >= 15 is 0 Å². The fourth-order valence-corrected chi connectivity index (χ4v) is 1.76. The number of nitrogens with one attached hydrogen (secondary N) is 1. The summed E-state index contributed by atoms with van der Waals surface area (Å²) < 4.78 is 1.99. The molecule has 90 valence electrons. The van der Waals surface area contributed by atoms with Gasteiger partial charge in [-0.3, -0.25) is 4.79 Å². The Bertz CT molecular complexity index is 401. The lowest BCUT2D eigenvalue weighted by atomic mass is 10.1. The zero-order chi connectivity index (χ0) is 12.1. The van der Waals surface area contributed by atoms with E-state index in [1.165, 1.54) is 4.68 Å². The quantitative estimate of drug-likeness (QED) is 0.905. The van der Waals surface area contributed by atoms with Crippen LogP contribution in [0.5, 0.6) is 0 Å². The van der Waals surface area contributed by atoms with Crippen LogP contribution in [-0.2, 0) is 6.54 Å². The highest BCUT2D eigenvalue weighted by molar-refractivity contribution is 9.10. The summed E-state index contributed by atoms with van der Waals surface area (Å²) in [4.78, 5) is 11.7. The average Bonchev–Trinajstić information content (AvgIpc) is 2.24. The largest absolute Gasteiger partial charge is 0.383 e. The molecule has 0 spiro atoms. The second-order valence-corrected chi connectivity index (χ2v) is 4.90. The molecule has 0 fully saturated rings. The topological polar surface area (TPSA) is 46.9 Å². The summed E-state index contributed by atoms with van der Waals surface area (Å²) in [6.07, 6.45) is 2.76. The number of aryl methyl sites for hydroxylation is 1. The summed E-state index contributed by atoms with van der Waals surface area (Å²) in [5, 5.41) is 7.28. The van der Waals surface area contributed by atoms with E-state index in [1.54, 1.807) is 6.20 Å². The summed E-state index contributed by atoms with van der Waals surface area (Å²) in [6.45, 7) is 7.68. The summed E-state index contributed by atoms with van der Waals surface area (Å²) in [7, 11) is 0. The fraction of sp³-hybridized carbons (Fsp3) is 0.636. The Labute approximate surface area is 104 Å². The Morgan fingerprint density at radius 3 is 2.81 bits per heavy atom. The molecule has 0 amide bonds. The zero-order valence-electron chi connectivity index (χ0n) is 9.96. The number of rotatable bonds is 5. The van der Waals surface area contributed by atoms with Gasteiger partial charge in [0.25, 0.3) is 5.56 Å². The van der Waals surface area contributed by atoms with Crippen LogP contribution >= 0.6 is 15.9 Å². The highest BCUT2D eigenvalue weighted by Crippen LogP contribution is 2.16. The van der Waals surface area contributed by atoms with Crippen molar-refractivity contribution in [1.82, 2.24) is 9.78 Å². The molecule has 0 aromatic carbocycles. The van der Waals surface area contributed by atoms with Crippen LogP contribution in [0.4, 0.5) is 5.69 Å². The van der Waals surface area contributed by atoms with Crippen molar-refractivity contribution >= 4 is 21.6 Å². The molecule has 5 heteroatoms. The van der Waals surface area contributed by atoms with Gasteiger partial charge < -0.3 is 5.32 Å². The van der Waals surface area contributed by atoms with E-state index in [-0.39, 0.29) is 5.56 Å². The lowest BCUT2D eigenvalue weighted by Crippen LogP contribution is -2.23. The van der Waals surface area contributed by atoms with E-state index in [4.69, 9.17) is 0 Å². The predicted octanol–water partition coefficient (Wildman–Crippen LogP) is 2.48. The predicted molar refractivity (Wildman–Crippen MR) is 69.8 cm³/mol. The van der Waals surface area contributed by atoms with Crippen molar-refractivity contribution in [3.8, 4) is 0 Å². The van der Waals surface area contributed by atoms with Crippen LogP contribution in [0, 0.1) is 5.92 Å². The van der Waals surface area contributed by atoms with Gasteiger partial charge in [0.05, 0.1) is 11.9 Å². The normalized spacial score (nSPS) is 10.8. The van der Waals surface area contributed by atoms with Gasteiger partial charge in [0.1, 0.15) is 4.47 Å². The molecule has 0 saturated carbocycles. The molecule has 0 unspecified atom stereocenters. The molecule has 1 rings (SSSR count). The van der Waals surface area contributed by atoms with Crippen LogP contribution in [-0.4, -0.2) is 16.3 Å². The summed E-state index contributed by atoms with van der Waals surface area (Å²) >= 11 is 3.30. The van der Waals surface area contributed by atoms with Gasteiger partial charge in [0.2, 0.25) is 0 Å². The highest BCUT2D eigenvalue weighted by atomic mass is 79.9. The van der Waals surface area contributed by atoms with Gasteiger partial charge in [0, 0.05) is 13.1 Å². The monoisotopic (exact) mass is 287 g/mol. The Morgan fingerprint density at radius 1 is 1.56 bits per heavy atom. The first kappa shape index (κ1) is 13.2. The second-order valence-electron chi connectivity index (χ2n) is 4.10. The van der Waals surface area contributed by atoms with Gasteiger partial charge in [-0.25, -0.2) is 4.68 Å². The lowest BCUT2D eigenvalue weighted by molar-refractivity contribution is 0.601. The molecule has 0 aliphatic carbocycles. The molecule has 4 nitrogen and oxygen atoms in total. The van der Waals surface area contributed by atoms with Crippen molar-refractivity contribution in [2.75, 3.05) is 11.9 Å². The number of halogens is 1. The SMILES string of the molecule is CCn1ncc(NCCC(C)C)c(Br)c1=O. The van der Waals surface area contributed by atoms with Crippen molar-refractivity contribution < 1.29 is 0 Å². The molecule has 0 saturated heterocycles. The van der Waals surface area contributed by atoms with Crippen LogP contribution in [0.25, 0.3) is 0 Å². The third-order valence-electron chi connectivity index (χ3n) is 2.32. The molecule has 1 aromatic heterocycles. The van der Waals surface area contributed by atoms with Crippen molar-refractivity contribution in [3.63, 3.8) is 0 Å². The van der Waals surface area contributed by atoms with Crippen molar-refractivity contribution in [2.45, 2.75) is 33.7 Å². The third-order valence-corrected chi connectivity index (χ3v) is 3.09. The molecular formula is C11H18BrN3O. The first-order valence-corrected chi connectivity index (χ1v) is 6.35. The average molecular weight is 288 g/mol. The van der Waals surface area contributed by atoms with Crippen molar-refractivity contribution in [1.29, 1.82) is 0 Å². The summed E-state index contributed by atoms with van der Waals surface area (Å²) in [5.74, 6) is 0.648. The van der Waals surface area contributed by atoms with E-state index in [0.717, 1.165) is 18.7 Å². The smallest absolute Gasteiger partial charge is 0.283 e. The number of hydrogen-bond donors (Lipinski definition) is 1. The first-order chi connectivity index (χ1) is 7.56. The lowest BCUT2D eigenvalue weighted by Gasteiger charge is -2.10. The second kappa shape index (κ2) is 6.03. The molecule has 0 aliphatic heterocycles. The fourth-order valence-electron chi connectivity index (χ4n) is 1.31. The van der Waals surface area contributed by atoms with E-state index in [9.17, 15) is 4.79 Å². The standard InChI is InChI=1S/C11H18BrN3O/c1-4-15-11(16)10(12)9(7-14-15)13-6-5-8(2)3/h7-8,13H,4-6H2,1-3H3. The minimum Gasteiger partial charge on any atom is -0.383 e. The van der Waals surface area contributed by atoms with E-state index in [1.807, 2.05) is 6.92 Å². The van der Waals surface area contributed by atoms with Crippen LogP contribution in [0.15, 0.2) is 15.5 Å². The van der Waals surface area contributed by atoms with Crippen LogP contribution in [0.2, 0.25) is 0 Å². The van der Waals surface area contributed by atoms with Gasteiger partial charge in [-0.1, -0.05) is 13.8 Å². The minimum atomic E-state index is -0.0861. The number of nitrogens with zero attached hydrogens (tertiary/aromatic N) is 2. The van der Waals surface area contributed by atoms with Crippen LogP contribution < -0.4 is 10.9 Å². The molecule has 0 aliphatic rings. The highest BCUT2D eigenvalue weighted by Gasteiger charge is 2.07. The number of anilines is 1. The Hall–Kier alpha value is -0.840. The Morgan fingerprint density at radius 2 is 2.25 bits per heavy atom. The molecule has 0 bridgehead atoms. The van der Waals surface area contributed by atoms with E-state index in [2.05, 4.69) is 40.2 Å². The first-order valence-electron chi connectivity index (χ1n) is 5.55. The van der Waals surface area contributed by atoms with Crippen molar-refractivity contribution in [3.05, 3.63) is 21.0 Å². The third kappa shape index (κ3) is 3.33. The molecule has 1 aromatic rings. The van der Waals surface area contributed by atoms with Gasteiger partial charge in [-0.15, -0.1) is 0 Å². The Balaban J connectivity index is 2.75. The van der Waals surface area contributed by atoms with E-state index in [0.29, 0.717) is 16.9 Å². The summed E-state index contributed by atoms with van der Waals surface area (Å²) in [5.41, 5.74) is 0.687. The number of hydrogen-bond acceptors (Lipinski definition) is 3. The maximum atomic E-state index is 11.7. The molecular weight excluding hydrogens is 270 g/mol. The maximum Gasteiger partial charge on any atom is 0.283 e. The van der Waals surface area contributed by atoms with Crippen LogP contribution in [0.3, 0.4) is 0 Å².